The molecule has 5 heteroatoms. The molecule has 1 aliphatic heterocycles. The predicted molar refractivity (Wildman–Crippen MR) is 103 cm³/mol. The molecule has 128 valence electrons. The number of nitrogens with zero attached hydrogens (tertiary/aromatic N) is 3. The second-order valence-corrected chi connectivity index (χ2v) is 6.61. The first-order valence-corrected chi connectivity index (χ1v) is 8.73. The van der Waals surface area contributed by atoms with Gasteiger partial charge in [0, 0.05) is 23.4 Å². The van der Waals surface area contributed by atoms with Crippen LogP contribution in [-0.2, 0) is 17.9 Å². The van der Waals surface area contributed by atoms with Crippen LogP contribution in [0.3, 0.4) is 0 Å². The summed E-state index contributed by atoms with van der Waals surface area (Å²) in [5, 5.41) is 5.31. The van der Waals surface area contributed by atoms with Gasteiger partial charge in [-0.05, 0) is 35.0 Å². The number of fused-ring (bicyclic) bond motifs is 2. The fourth-order valence-corrected chi connectivity index (χ4v) is 3.63. The van der Waals surface area contributed by atoms with E-state index in [4.69, 9.17) is 0 Å². The van der Waals surface area contributed by atoms with E-state index < -0.39 is 0 Å². The fourth-order valence-electron chi connectivity index (χ4n) is 3.63. The second kappa shape index (κ2) is 5.88. The first-order valence-electron chi connectivity index (χ1n) is 8.73. The van der Waals surface area contributed by atoms with E-state index in [1.54, 1.807) is 0 Å². The Morgan fingerprint density at radius 3 is 2.19 bits per heavy atom. The molecule has 0 saturated heterocycles. The van der Waals surface area contributed by atoms with Crippen LogP contribution in [0.4, 0.5) is 0 Å². The minimum Gasteiger partial charge on any atom is -0.345 e. The van der Waals surface area contributed by atoms with E-state index in [-0.39, 0.29) is 11.9 Å². The number of nitrogens with one attached hydrogen (secondary N) is 1. The van der Waals surface area contributed by atoms with Crippen molar-refractivity contribution in [3.8, 4) is 0 Å². The summed E-state index contributed by atoms with van der Waals surface area (Å²) < 4.78 is 4.21. The van der Waals surface area contributed by atoms with Crippen LogP contribution in [0.15, 0.2) is 78.0 Å². The van der Waals surface area contributed by atoms with E-state index in [1.807, 2.05) is 36.7 Å². The minimum absolute atomic E-state index is 0.0331. The molecule has 0 aliphatic carbocycles. The summed E-state index contributed by atoms with van der Waals surface area (Å²) in [5.74, 6) is 0.687. The molecule has 0 fully saturated rings. The number of aliphatic imine (C=N–C) groups is 1. The van der Waals surface area contributed by atoms with Gasteiger partial charge in [-0.2, -0.15) is 0 Å². The first-order chi connectivity index (χ1) is 12.8. The summed E-state index contributed by atoms with van der Waals surface area (Å²) in [6.45, 7) is 1.12. The number of rotatable bonds is 4. The summed E-state index contributed by atoms with van der Waals surface area (Å²) >= 11 is 0. The Kier molecular flexibility index (Phi) is 3.38. The van der Waals surface area contributed by atoms with Crippen LogP contribution in [0.2, 0.25) is 0 Å². The van der Waals surface area contributed by atoms with Gasteiger partial charge in [-0.15, -0.1) is 0 Å². The maximum Gasteiger partial charge on any atom is 0.252 e. The Hall–Kier alpha value is -3.34. The maximum absolute atomic E-state index is 12.4. The number of hydrogen-bond donors (Lipinski definition) is 1. The Balaban J connectivity index is 1.39. The van der Waals surface area contributed by atoms with E-state index >= 15 is 0 Å². The highest BCUT2D eigenvalue weighted by Gasteiger charge is 2.27. The number of benzene rings is 2. The van der Waals surface area contributed by atoms with Crippen LogP contribution < -0.4 is 5.32 Å². The Morgan fingerprint density at radius 2 is 1.46 bits per heavy atom. The molecule has 1 aliphatic rings. The molecule has 5 nitrogen and oxygen atoms in total. The van der Waals surface area contributed by atoms with Crippen molar-refractivity contribution in [2.24, 2.45) is 4.99 Å². The molecule has 5 rings (SSSR count). The lowest BCUT2D eigenvalue weighted by Gasteiger charge is -2.07. The van der Waals surface area contributed by atoms with Gasteiger partial charge in [0.05, 0.1) is 13.1 Å². The molecule has 2 aromatic carbocycles. The molecular formula is C21H18N4O. The lowest BCUT2D eigenvalue weighted by Crippen LogP contribution is -2.32. The Bertz CT molecular complexity index is 1150. The van der Waals surface area contributed by atoms with Crippen molar-refractivity contribution >= 4 is 33.5 Å². The average molecular weight is 342 g/mol. The third-order valence-corrected chi connectivity index (χ3v) is 4.93. The molecule has 1 amide bonds. The number of aromatic nitrogens is 2. The minimum atomic E-state index is -0.386. The monoisotopic (exact) mass is 342 g/mol. The van der Waals surface area contributed by atoms with Crippen molar-refractivity contribution in [2.45, 2.75) is 19.1 Å². The van der Waals surface area contributed by atoms with E-state index in [9.17, 15) is 4.79 Å². The van der Waals surface area contributed by atoms with E-state index in [2.05, 4.69) is 55.8 Å². The SMILES string of the molecule is O=C1NC(Cn2ccc3ccccc32)=NC1Cn1ccc2ccccc21. The van der Waals surface area contributed by atoms with Gasteiger partial charge in [0.15, 0.2) is 0 Å². The molecule has 4 aromatic rings. The van der Waals surface area contributed by atoms with Crippen LogP contribution in [0, 0.1) is 0 Å². The number of para-hydroxylation sites is 2. The largest absolute Gasteiger partial charge is 0.345 e. The standard InChI is InChI=1S/C21H18N4O/c26-21-17(13-24-11-9-15-5-1-3-7-18(15)24)22-20(23-21)14-25-12-10-16-6-2-4-8-19(16)25/h1-12,17H,13-14H2,(H,22,23,26). The van der Waals surface area contributed by atoms with Crippen molar-refractivity contribution < 1.29 is 4.79 Å². The number of amidine groups is 1. The van der Waals surface area contributed by atoms with Crippen LogP contribution in [0.25, 0.3) is 21.8 Å². The maximum atomic E-state index is 12.4. The smallest absolute Gasteiger partial charge is 0.252 e. The third kappa shape index (κ3) is 2.49. The van der Waals surface area contributed by atoms with Crippen molar-refractivity contribution in [1.29, 1.82) is 0 Å². The lowest BCUT2D eigenvalue weighted by atomic mass is 10.2. The van der Waals surface area contributed by atoms with Gasteiger partial charge >= 0.3 is 0 Å². The first kappa shape index (κ1) is 15.0. The van der Waals surface area contributed by atoms with Crippen molar-refractivity contribution in [2.75, 3.05) is 0 Å². The molecule has 26 heavy (non-hydrogen) atoms. The highest BCUT2D eigenvalue weighted by molar-refractivity contribution is 6.06. The summed E-state index contributed by atoms with van der Waals surface area (Å²) in [6.07, 6.45) is 4.05. The molecule has 0 radical (unpaired) electrons. The highest BCUT2D eigenvalue weighted by atomic mass is 16.2. The number of hydrogen-bond acceptors (Lipinski definition) is 2. The van der Waals surface area contributed by atoms with Crippen LogP contribution in [-0.4, -0.2) is 26.9 Å². The molecule has 1 unspecified atom stereocenters. The lowest BCUT2D eigenvalue weighted by molar-refractivity contribution is -0.120. The van der Waals surface area contributed by atoms with Crippen molar-refractivity contribution in [3.63, 3.8) is 0 Å². The Morgan fingerprint density at radius 1 is 0.846 bits per heavy atom. The van der Waals surface area contributed by atoms with Gasteiger partial charge in [0.2, 0.25) is 0 Å². The number of carbonyl (C=O) groups is 1. The molecule has 0 spiro atoms. The topological polar surface area (TPSA) is 51.3 Å². The quantitative estimate of drug-likeness (QED) is 0.608. The second-order valence-electron chi connectivity index (χ2n) is 6.61. The van der Waals surface area contributed by atoms with Gasteiger partial charge in [-0.3, -0.25) is 9.79 Å². The fraction of sp³-hybridized carbons (Fsp3) is 0.143. The molecule has 0 bridgehead atoms. The van der Waals surface area contributed by atoms with Crippen LogP contribution in [0.1, 0.15) is 0 Å². The predicted octanol–water partition coefficient (Wildman–Crippen LogP) is 3.19. The zero-order valence-electron chi connectivity index (χ0n) is 14.2. The van der Waals surface area contributed by atoms with Crippen molar-refractivity contribution in [1.82, 2.24) is 14.5 Å². The number of carbonyl (C=O) groups excluding carboxylic acids is 1. The van der Waals surface area contributed by atoms with Crippen molar-refractivity contribution in [3.05, 3.63) is 73.1 Å². The van der Waals surface area contributed by atoms with E-state index in [0.717, 1.165) is 16.9 Å². The van der Waals surface area contributed by atoms with Crippen LogP contribution in [0.5, 0.6) is 0 Å². The van der Waals surface area contributed by atoms with Gasteiger partial charge < -0.3 is 14.5 Å². The molecule has 0 saturated carbocycles. The molecule has 1 N–H and O–H groups in total. The van der Waals surface area contributed by atoms with Gasteiger partial charge in [-0.1, -0.05) is 36.4 Å². The zero-order chi connectivity index (χ0) is 17.5. The molecule has 2 aromatic heterocycles. The highest BCUT2D eigenvalue weighted by Crippen LogP contribution is 2.18. The van der Waals surface area contributed by atoms with Crippen LogP contribution >= 0.6 is 0 Å². The third-order valence-electron chi connectivity index (χ3n) is 4.93. The van der Waals surface area contributed by atoms with E-state index in [0.29, 0.717) is 13.1 Å². The normalized spacial score (nSPS) is 17.0. The van der Waals surface area contributed by atoms with Gasteiger partial charge in [0.25, 0.3) is 5.91 Å². The van der Waals surface area contributed by atoms with E-state index in [1.165, 1.54) is 10.8 Å². The zero-order valence-corrected chi connectivity index (χ0v) is 14.2. The van der Waals surface area contributed by atoms with Gasteiger partial charge in [-0.25, -0.2) is 0 Å². The summed E-state index contributed by atoms with van der Waals surface area (Å²) in [7, 11) is 0. The average Bonchev–Trinajstić information content (AvgIpc) is 3.35. The summed E-state index contributed by atoms with van der Waals surface area (Å²) in [4.78, 5) is 17.0. The Labute approximate surface area is 150 Å². The molecular weight excluding hydrogens is 324 g/mol. The number of amides is 1. The molecule has 1 atom stereocenters. The summed E-state index contributed by atoms with van der Waals surface area (Å²) in [5.41, 5.74) is 2.27. The van der Waals surface area contributed by atoms with Gasteiger partial charge in [0.1, 0.15) is 11.9 Å². The molecule has 3 heterocycles. The summed E-state index contributed by atoms with van der Waals surface area (Å²) in [6, 6.07) is 20.2.